The van der Waals surface area contributed by atoms with E-state index >= 15 is 0 Å². The van der Waals surface area contributed by atoms with E-state index in [0.29, 0.717) is 10.0 Å². The highest BCUT2D eigenvalue weighted by Crippen LogP contribution is 2.32. The molecule has 0 radical (unpaired) electrons. The normalized spacial score (nSPS) is 18.7. The fourth-order valence-electron chi connectivity index (χ4n) is 3.37. The molecule has 1 saturated heterocycles. The van der Waals surface area contributed by atoms with E-state index < -0.39 is 26.1 Å². The maximum absolute atomic E-state index is 13.2. The third-order valence-corrected chi connectivity index (χ3v) is 9.51. The molecule has 31 heavy (non-hydrogen) atoms. The van der Waals surface area contributed by atoms with Crippen LogP contribution in [-0.2, 0) is 20.0 Å². The lowest BCUT2D eigenvalue weighted by atomic mass is 10.3. The molecule has 0 bridgehead atoms. The van der Waals surface area contributed by atoms with Crippen LogP contribution in [0.4, 0.5) is 0 Å². The van der Waals surface area contributed by atoms with Crippen LogP contribution in [0.2, 0.25) is 10.0 Å². The molecule has 170 valence electrons. The third kappa shape index (κ3) is 4.64. The molecule has 0 saturated carbocycles. The minimum atomic E-state index is -3.87. The first-order valence-electron chi connectivity index (χ1n) is 9.21. The van der Waals surface area contributed by atoms with Gasteiger partial charge in [-0.1, -0.05) is 23.2 Å². The van der Waals surface area contributed by atoms with Crippen molar-refractivity contribution >= 4 is 43.2 Å². The predicted molar refractivity (Wildman–Crippen MR) is 118 cm³/mol. The van der Waals surface area contributed by atoms with E-state index in [1.807, 2.05) is 0 Å². The van der Waals surface area contributed by atoms with Crippen LogP contribution in [0.1, 0.15) is 6.92 Å². The summed E-state index contributed by atoms with van der Waals surface area (Å²) in [5, 5.41) is 0.591. The van der Waals surface area contributed by atoms with Crippen LogP contribution >= 0.6 is 23.2 Å². The number of halogens is 2. The number of methoxy groups -OCH3 is 2. The first-order valence-corrected chi connectivity index (χ1v) is 12.8. The van der Waals surface area contributed by atoms with Crippen molar-refractivity contribution in [3.8, 4) is 11.5 Å². The van der Waals surface area contributed by atoms with E-state index in [2.05, 4.69) is 0 Å². The van der Waals surface area contributed by atoms with Gasteiger partial charge in [-0.2, -0.15) is 8.61 Å². The zero-order valence-electron chi connectivity index (χ0n) is 17.1. The number of benzene rings is 2. The molecule has 1 fully saturated rings. The maximum atomic E-state index is 13.2. The van der Waals surface area contributed by atoms with Crippen molar-refractivity contribution in [3.05, 3.63) is 46.4 Å². The molecule has 1 aliphatic heterocycles. The van der Waals surface area contributed by atoms with Gasteiger partial charge in [-0.25, -0.2) is 16.8 Å². The first-order chi connectivity index (χ1) is 14.5. The Bertz CT molecular complexity index is 1190. The molecule has 3 rings (SSSR count). The Morgan fingerprint density at radius 3 is 1.77 bits per heavy atom. The molecule has 0 amide bonds. The second-order valence-corrected chi connectivity index (χ2v) is 11.6. The second-order valence-electron chi connectivity index (χ2n) is 6.92. The summed E-state index contributed by atoms with van der Waals surface area (Å²) < 4.78 is 65.2. The van der Waals surface area contributed by atoms with Gasteiger partial charge in [-0.05, 0) is 31.2 Å². The summed E-state index contributed by atoms with van der Waals surface area (Å²) >= 11 is 12.0. The van der Waals surface area contributed by atoms with E-state index in [0.717, 1.165) is 0 Å². The van der Waals surface area contributed by atoms with Gasteiger partial charge in [0.1, 0.15) is 11.5 Å². The Balaban J connectivity index is 1.85. The third-order valence-electron chi connectivity index (χ3n) is 5.02. The Labute approximate surface area is 192 Å². The van der Waals surface area contributed by atoms with E-state index in [9.17, 15) is 16.8 Å². The van der Waals surface area contributed by atoms with Crippen LogP contribution in [0.15, 0.2) is 46.2 Å². The molecular formula is C19H22Cl2N2O6S2. The summed E-state index contributed by atoms with van der Waals surface area (Å²) in [6, 6.07) is 7.81. The fraction of sp³-hybridized carbons (Fsp3) is 0.368. The van der Waals surface area contributed by atoms with E-state index in [-0.39, 0.29) is 40.9 Å². The molecule has 0 aliphatic carbocycles. The Hall–Kier alpha value is -1.56. The number of hydrogen-bond donors (Lipinski definition) is 0. The molecule has 1 aliphatic rings. The summed E-state index contributed by atoms with van der Waals surface area (Å²) in [6.45, 7) is 1.66. The van der Waals surface area contributed by atoms with Gasteiger partial charge < -0.3 is 9.47 Å². The highest BCUT2D eigenvalue weighted by atomic mass is 35.5. The standard InChI is InChI=1S/C19H22Cl2N2O6S2/c1-13-12-22(30(24,25)14-4-6-16(20)18(10-14)28-2)8-9-23(13)31(26,27)15-5-7-17(21)19(11-15)29-3/h4-7,10-11,13H,8-9,12H2,1-3H3/t13-/m1/s1. The van der Waals surface area contributed by atoms with Crippen LogP contribution in [0, 0.1) is 0 Å². The summed E-state index contributed by atoms with van der Waals surface area (Å²) in [5.74, 6) is 0.488. The van der Waals surface area contributed by atoms with Gasteiger partial charge in [0.05, 0.1) is 34.1 Å². The molecule has 0 unspecified atom stereocenters. The lowest BCUT2D eigenvalue weighted by Gasteiger charge is -2.38. The molecule has 2 aromatic carbocycles. The monoisotopic (exact) mass is 508 g/mol. The Kier molecular flexibility index (Phi) is 7.09. The number of sulfonamides is 2. The fourth-order valence-corrected chi connectivity index (χ4v) is 6.92. The molecule has 2 aromatic rings. The molecular weight excluding hydrogens is 487 g/mol. The largest absolute Gasteiger partial charge is 0.495 e. The molecule has 8 nitrogen and oxygen atoms in total. The van der Waals surface area contributed by atoms with Gasteiger partial charge in [-0.15, -0.1) is 0 Å². The molecule has 0 aromatic heterocycles. The molecule has 12 heteroatoms. The molecule has 0 spiro atoms. The van der Waals surface area contributed by atoms with Crippen LogP contribution in [0.25, 0.3) is 0 Å². The SMILES string of the molecule is COc1cc(S(=O)(=O)N2CCN(S(=O)(=O)c3ccc(Cl)c(OC)c3)[C@H](C)C2)ccc1Cl. The van der Waals surface area contributed by atoms with Crippen molar-refractivity contribution in [2.45, 2.75) is 22.8 Å². The van der Waals surface area contributed by atoms with Gasteiger partial charge in [0.2, 0.25) is 20.0 Å². The number of ether oxygens (including phenoxy) is 2. The van der Waals surface area contributed by atoms with Crippen molar-refractivity contribution in [1.29, 1.82) is 0 Å². The van der Waals surface area contributed by atoms with Crippen LogP contribution in [-0.4, -0.2) is 65.3 Å². The number of hydrogen-bond acceptors (Lipinski definition) is 6. The Morgan fingerprint density at radius 2 is 1.32 bits per heavy atom. The Morgan fingerprint density at radius 1 is 0.839 bits per heavy atom. The first kappa shape index (κ1) is 24.1. The van der Waals surface area contributed by atoms with Crippen LogP contribution in [0.5, 0.6) is 11.5 Å². The average Bonchev–Trinajstić information content (AvgIpc) is 2.73. The van der Waals surface area contributed by atoms with Crippen LogP contribution < -0.4 is 9.47 Å². The minimum Gasteiger partial charge on any atom is -0.495 e. The maximum Gasteiger partial charge on any atom is 0.243 e. The number of nitrogens with zero attached hydrogens (tertiary/aromatic N) is 2. The van der Waals surface area contributed by atoms with Crippen molar-refractivity contribution in [2.24, 2.45) is 0 Å². The van der Waals surface area contributed by atoms with E-state index in [1.165, 1.54) is 59.2 Å². The summed E-state index contributed by atoms with van der Waals surface area (Å²) in [5.41, 5.74) is 0. The smallest absolute Gasteiger partial charge is 0.243 e. The second kappa shape index (κ2) is 9.13. The number of piperazine rings is 1. The van der Waals surface area contributed by atoms with Gasteiger partial charge in [0, 0.05) is 37.8 Å². The average molecular weight is 509 g/mol. The molecule has 1 atom stereocenters. The van der Waals surface area contributed by atoms with E-state index in [4.69, 9.17) is 32.7 Å². The topological polar surface area (TPSA) is 93.2 Å². The lowest BCUT2D eigenvalue weighted by molar-refractivity contribution is 0.212. The zero-order valence-corrected chi connectivity index (χ0v) is 20.2. The van der Waals surface area contributed by atoms with Crippen molar-refractivity contribution < 1.29 is 26.3 Å². The van der Waals surface area contributed by atoms with Gasteiger partial charge in [0.25, 0.3) is 0 Å². The highest BCUT2D eigenvalue weighted by Gasteiger charge is 2.38. The van der Waals surface area contributed by atoms with Crippen molar-refractivity contribution in [1.82, 2.24) is 8.61 Å². The predicted octanol–water partition coefficient (Wildman–Crippen LogP) is 3.09. The van der Waals surface area contributed by atoms with E-state index in [1.54, 1.807) is 6.92 Å². The molecule has 1 heterocycles. The van der Waals surface area contributed by atoms with Gasteiger partial charge in [0.15, 0.2) is 0 Å². The molecule has 0 N–H and O–H groups in total. The summed E-state index contributed by atoms with van der Waals surface area (Å²) in [7, 11) is -4.94. The summed E-state index contributed by atoms with van der Waals surface area (Å²) in [6.07, 6.45) is 0. The van der Waals surface area contributed by atoms with Crippen molar-refractivity contribution in [3.63, 3.8) is 0 Å². The highest BCUT2D eigenvalue weighted by molar-refractivity contribution is 7.89. The number of rotatable bonds is 6. The van der Waals surface area contributed by atoms with Gasteiger partial charge in [-0.3, -0.25) is 0 Å². The quantitative estimate of drug-likeness (QED) is 0.594. The lowest BCUT2D eigenvalue weighted by Crippen LogP contribution is -2.55. The van der Waals surface area contributed by atoms with Crippen LogP contribution in [0.3, 0.4) is 0 Å². The minimum absolute atomic E-state index is 0.00156. The summed E-state index contributed by atoms with van der Waals surface area (Å²) in [4.78, 5) is 0.0547. The van der Waals surface area contributed by atoms with Gasteiger partial charge >= 0.3 is 0 Å². The van der Waals surface area contributed by atoms with Crippen molar-refractivity contribution in [2.75, 3.05) is 33.9 Å². The zero-order chi connectivity index (χ0) is 23.0.